The second kappa shape index (κ2) is 7.93. The molecular weight excluding hydrogens is 250 g/mol. The van der Waals surface area contributed by atoms with Gasteiger partial charge in [0.05, 0.1) is 0 Å². The van der Waals surface area contributed by atoms with Crippen LogP contribution >= 0.6 is 12.6 Å². The van der Waals surface area contributed by atoms with Crippen molar-refractivity contribution in [3.8, 4) is 0 Å². The Labute approximate surface area is 126 Å². The molecule has 2 heteroatoms. The summed E-state index contributed by atoms with van der Waals surface area (Å²) in [5, 5.41) is 0. The van der Waals surface area contributed by atoms with E-state index in [1.165, 1.54) is 64.6 Å². The van der Waals surface area contributed by atoms with E-state index in [0.29, 0.717) is 10.8 Å². The first-order valence-corrected chi connectivity index (χ1v) is 8.99. The number of hydrogen-bond acceptors (Lipinski definition) is 2. The number of hydrogen-bond donors (Lipinski definition) is 1. The topological polar surface area (TPSA) is 3.24 Å². The number of thiol groups is 1. The van der Waals surface area contributed by atoms with E-state index in [9.17, 15) is 0 Å². The molecule has 114 valence electrons. The molecule has 1 aliphatic heterocycles. The van der Waals surface area contributed by atoms with E-state index in [1.807, 2.05) is 0 Å². The zero-order valence-corrected chi connectivity index (χ0v) is 14.6. The summed E-state index contributed by atoms with van der Waals surface area (Å²) in [6, 6.07) is 0. The molecule has 0 unspecified atom stereocenters. The minimum absolute atomic E-state index is 0.465. The van der Waals surface area contributed by atoms with Crippen molar-refractivity contribution < 1.29 is 0 Å². The second-order valence-electron chi connectivity index (χ2n) is 7.10. The van der Waals surface area contributed by atoms with Gasteiger partial charge in [-0.05, 0) is 55.4 Å². The Morgan fingerprint density at radius 3 is 1.95 bits per heavy atom. The lowest BCUT2D eigenvalue weighted by Gasteiger charge is -2.43. The monoisotopic (exact) mass is 285 g/mol. The predicted octanol–water partition coefficient (Wildman–Crippen LogP) is 5.01. The summed E-state index contributed by atoms with van der Waals surface area (Å²) in [7, 11) is 0. The molecular formula is C17H35NS. The fourth-order valence-corrected chi connectivity index (χ4v) is 4.05. The Hall–Kier alpha value is 0.310. The number of likely N-dealkylation sites (tertiary alicyclic amines) is 1. The van der Waals surface area contributed by atoms with Crippen LogP contribution in [-0.4, -0.2) is 30.3 Å². The van der Waals surface area contributed by atoms with Gasteiger partial charge >= 0.3 is 0 Å². The zero-order valence-electron chi connectivity index (χ0n) is 13.7. The lowest BCUT2D eigenvalue weighted by atomic mass is 9.76. The summed E-state index contributed by atoms with van der Waals surface area (Å²) in [6.45, 7) is 13.3. The van der Waals surface area contributed by atoms with Crippen LogP contribution in [0.2, 0.25) is 0 Å². The maximum absolute atomic E-state index is 4.69. The van der Waals surface area contributed by atoms with Gasteiger partial charge in [0.1, 0.15) is 0 Å². The van der Waals surface area contributed by atoms with Gasteiger partial charge in [0.25, 0.3) is 0 Å². The fraction of sp³-hybridized carbons (Fsp3) is 1.00. The summed E-state index contributed by atoms with van der Waals surface area (Å²) < 4.78 is 0. The third-order valence-electron chi connectivity index (χ3n) is 5.37. The lowest BCUT2D eigenvalue weighted by molar-refractivity contribution is 0.0717. The third-order valence-corrected chi connectivity index (χ3v) is 6.04. The van der Waals surface area contributed by atoms with E-state index >= 15 is 0 Å². The highest BCUT2D eigenvalue weighted by molar-refractivity contribution is 7.80. The quantitative estimate of drug-likeness (QED) is 0.613. The maximum Gasteiger partial charge on any atom is 0.00458 e. The molecule has 19 heavy (non-hydrogen) atoms. The number of piperidine rings is 1. The number of nitrogens with zero attached hydrogens (tertiary/aromatic N) is 1. The van der Waals surface area contributed by atoms with Crippen molar-refractivity contribution in [1.29, 1.82) is 0 Å². The predicted molar refractivity (Wildman–Crippen MR) is 90.2 cm³/mol. The molecule has 0 bridgehead atoms. The normalized spacial score (nSPS) is 20.7. The van der Waals surface area contributed by atoms with Gasteiger partial charge < -0.3 is 4.90 Å². The molecule has 1 heterocycles. The molecule has 1 nitrogen and oxygen atoms in total. The molecule has 0 aromatic carbocycles. The van der Waals surface area contributed by atoms with Crippen LogP contribution in [0.5, 0.6) is 0 Å². The van der Waals surface area contributed by atoms with Gasteiger partial charge in [-0.2, -0.15) is 12.6 Å². The number of rotatable bonds is 8. The minimum Gasteiger partial charge on any atom is -0.303 e. The van der Waals surface area contributed by atoms with Crippen molar-refractivity contribution in [3.05, 3.63) is 0 Å². The Balaban J connectivity index is 2.56. The van der Waals surface area contributed by atoms with E-state index < -0.39 is 0 Å². The van der Waals surface area contributed by atoms with E-state index in [1.54, 1.807) is 0 Å². The molecule has 0 amide bonds. The van der Waals surface area contributed by atoms with Crippen molar-refractivity contribution in [3.63, 3.8) is 0 Å². The van der Waals surface area contributed by atoms with Gasteiger partial charge in [-0.3, -0.25) is 0 Å². The summed E-state index contributed by atoms with van der Waals surface area (Å²) in [5.41, 5.74) is 1.07. The maximum atomic E-state index is 4.69. The van der Waals surface area contributed by atoms with Crippen LogP contribution in [0.25, 0.3) is 0 Å². The molecule has 0 saturated carbocycles. The average molecular weight is 286 g/mol. The highest BCUT2D eigenvalue weighted by Gasteiger charge is 2.33. The van der Waals surface area contributed by atoms with Gasteiger partial charge in [-0.1, -0.05) is 47.0 Å². The van der Waals surface area contributed by atoms with Crippen LogP contribution in [0.4, 0.5) is 0 Å². The molecule has 0 N–H and O–H groups in total. The van der Waals surface area contributed by atoms with Gasteiger partial charge in [-0.15, -0.1) is 0 Å². The summed E-state index contributed by atoms with van der Waals surface area (Å²) >= 11 is 4.69. The van der Waals surface area contributed by atoms with E-state index in [0.717, 1.165) is 5.75 Å². The summed E-state index contributed by atoms with van der Waals surface area (Å²) in [6.07, 6.45) is 9.36. The van der Waals surface area contributed by atoms with Crippen LogP contribution in [0.3, 0.4) is 0 Å². The molecule has 1 rings (SSSR count). The van der Waals surface area contributed by atoms with E-state index in [4.69, 9.17) is 12.6 Å². The van der Waals surface area contributed by atoms with Crippen LogP contribution in [-0.2, 0) is 0 Å². The molecule has 0 spiro atoms. The van der Waals surface area contributed by atoms with Crippen LogP contribution in [0.15, 0.2) is 0 Å². The van der Waals surface area contributed by atoms with Gasteiger partial charge in [0.15, 0.2) is 0 Å². The first kappa shape index (κ1) is 17.4. The largest absolute Gasteiger partial charge is 0.303 e. The smallest absolute Gasteiger partial charge is 0.00458 e. The fourth-order valence-electron chi connectivity index (χ4n) is 3.63. The van der Waals surface area contributed by atoms with Crippen LogP contribution < -0.4 is 0 Å². The highest BCUT2D eigenvalue weighted by atomic mass is 32.1. The molecule has 0 aromatic rings. The Morgan fingerprint density at radius 1 is 1.05 bits per heavy atom. The first-order valence-electron chi connectivity index (χ1n) is 8.36. The molecule has 1 aliphatic rings. The molecule has 1 saturated heterocycles. The Bertz CT molecular complexity index is 238. The molecule has 0 aromatic heterocycles. The van der Waals surface area contributed by atoms with Crippen molar-refractivity contribution in [2.24, 2.45) is 10.8 Å². The Kier molecular flexibility index (Phi) is 7.24. The van der Waals surface area contributed by atoms with Crippen molar-refractivity contribution in [2.75, 3.05) is 25.4 Å². The van der Waals surface area contributed by atoms with Crippen LogP contribution in [0.1, 0.15) is 72.6 Å². The summed E-state index contributed by atoms with van der Waals surface area (Å²) in [5.74, 6) is 1.05. The molecule has 0 aliphatic carbocycles. The third kappa shape index (κ3) is 4.97. The zero-order chi connectivity index (χ0) is 14.4. The minimum atomic E-state index is 0.465. The molecule has 0 radical (unpaired) electrons. The lowest BCUT2D eigenvalue weighted by Crippen LogP contribution is -2.45. The Morgan fingerprint density at radius 2 is 1.58 bits per heavy atom. The van der Waals surface area contributed by atoms with Crippen molar-refractivity contribution in [1.82, 2.24) is 4.90 Å². The second-order valence-corrected chi connectivity index (χ2v) is 7.41. The first-order chi connectivity index (χ1) is 9.03. The van der Waals surface area contributed by atoms with Gasteiger partial charge in [-0.25, -0.2) is 0 Å². The highest BCUT2D eigenvalue weighted by Crippen LogP contribution is 2.37. The van der Waals surface area contributed by atoms with Crippen molar-refractivity contribution in [2.45, 2.75) is 72.6 Å². The van der Waals surface area contributed by atoms with Crippen molar-refractivity contribution >= 4 is 12.6 Å². The van der Waals surface area contributed by atoms with Gasteiger partial charge in [0, 0.05) is 6.54 Å². The van der Waals surface area contributed by atoms with E-state index in [2.05, 4.69) is 32.6 Å². The summed E-state index contributed by atoms with van der Waals surface area (Å²) in [4.78, 5) is 2.72. The molecule has 1 fully saturated rings. The average Bonchev–Trinajstić information content (AvgIpc) is 2.42. The SMILES string of the molecule is CCCC(CS)(CCC)CN1CCC(C)(CC)CC1. The van der Waals surface area contributed by atoms with E-state index in [-0.39, 0.29) is 0 Å². The van der Waals surface area contributed by atoms with Gasteiger partial charge in [0.2, 0.25) is 0 Å². The standard InChI is InChI=1S/C17H35NS/c1-5-8-17(15-19,9-6-2)14-18-12-10-16(4,7-3)11-13-18/h19H,5-15H2,1-4H3. The van der Waals surface area contributed by atoms with Crippen LogP contribution in [0, 0.1) is 10.8 Å². The molecule has 0 atom stereocenters.